The molecule has 6 rings (SSSR count). The van der Waals surface area contributed by atoms with E-state index in [9.17, 15) is 0 Å². The third kappa shape index (κ3) is 0.559. The highest BCUT2D eigenvalue weighted by Crippen LogP contribution is 3.03. The topological polar surface area (TPSA) is 0 Å². The molecule has 0 spiro atoms. The Hall–Kier alpha value is 2.03. The number of rotatable bonds is 0. The van der Waals surface area contributed by atoms with Crippen molar-refractivity contribution >= 4 is 81.2 Å². The van der Waals surface area contributed by atoms with Crippen LogP contribution in [-0.4, -0.2) is 29.2 Å². The van der Waals surface area contributed by atoms with Crippen LogP contribution in [0.3, 0.4) is 0 Å². The minimum Gasteiger partial charge on any atom is -0.122 e. The number of halogens is 7. The Morgan fingerprint density at radius 2 is 0.882 bits per heavy atom. The van der Waals surface area contributed by atoms with Crippen molar-refractivity contribution in [3.05, 3.63) is 0 Å². The molecule has 0 aliphatic heterocycles. The first-order valence-corrected chi connectivity index (χ1v) is 8.13. The van der Waals surface area contributed by atoms with Gasteiger partial charge in [-0.25, -0.2) is 0 Å². The van der Waals surface area contributed by atoms with E-state index in [0.29, 0.717) is 0 Å². The van der Waals surface area contributed by atoms with Gasteiger partial charge in [-0.3, -0.25) is 0 Å². The zero-order valence-electron chi connectivity index (χ0n) is 8.03. The molecule has 9 atom stereocenters. The van der Waals surface area contributed by atoms with Crippen molar-refractivity contribution in [1.29, 1.82) is 0 Å². The van der Waals surface area contributed by atoms with Crippen LogP contribution < -0.4 is 0 Å². The summed E-state index contributed by atoms with van der Waals surface area (Å²) in [5, 5.41) is -0.119. The molecule has 6 aliphatic rings. The highest BCUT2D eigenvalue weighted by atomic mass is 35.5. The van der Waals surface area contributed by atoms with Gasteiger partial charge in [0.2, 0.25) is 0 Å². The molecule has 94 valence electrons. The second kappa shape index (κ2) is 2.36. The maximum atomic E-state index is 6.76. The van der Waals surface area contributed by atoms with E-state index in [2.05, 4.69) is 0 Å². The summed E-state index contributed by atoms with van der Waals surface area (Å²) in [6.07, 6.45) is 0. The van der Waals surface area contributed by atoms with Crippen molar-refractivity contribution < 1.29 is 0 Å². The molecular formula is C10H5Cl7. The largest absolute Gasteiger partial charge is 0.160 e. The normalized spacial score (nSPS) is 83.8. The maximum absolute atomic E-state index is 6.76. The van der Waals surface area contributed by atoms with Crippen molar-refractivity contribution in [2.24, 2.45) is 23.7 Å². The van der Waals surface area contributed by atoms with Crippen LogP contribution in [0.1, 0.15) is 0 Å². The maximum Gasteiger partial charge on any atom is 0.160 e. The van der Waals surface area contributed by atoms with Gasteiger partial charge in [0.25, 0.3) is 0 Å². The molecule has 17 heavy (non-hydrogen) atoms. The van der Waals surface area contributed by atoms with E-state index >= 15 is 0 Å². The van der Waals surface area contributed by atoms with Crippen molar-refractivity contribution in [2.75, 3.05) is 0 Å². The molecule has 0 heterocycles. The first kappa shape index (κ1) is 11.7. The van der Waals surface area contributed by atoms with Gasteiger partial charge in [-0.2, -0.15) is 0 Å². The molecular weight excluding hydrogens is 368 g/mol. The minimum absolute atomic E-state index is 0.0357. The molecule has 0 amide bonds. The summed E-state index contributed by atoms with van der Waals surface area (Å²) in [6, 6.07) is 0. The third-order valence-electron chi connectivity index (χ3n) is 6.19. The second-order valence-electron chi connectivity index (χ2n) is 5.97. The predicted molar refractivity (Wildman–Crippen MR) is 72.4 cm³/mol. The molecule has 0 nitrogen and oxygen atoms in total. The van der Waals surface area contributed by atoms with E-state index in [0.717, 1.165) is 0 Å². The Balaban J connectivity index is 1.95. The van der Waals surface area contributed by atoms with Gasteiger partial charge in [-0.05, 0) is 11.8 Å². The Kier molecular flexibility index (Phi) is 1.62. The van der Waals surface area contributed by atoms with E-state index in [4.69, 9.17) is 81.2 Å². The molecule has 0 radical (unpaired) electrons. The summed E-state index contributed by atoms with van der Waals surface area (Å²) >= 11 is 46.4. The fraction of sp³-hybridized carbons (Fsp3) is 1.00. The van der Waals surface area contributed by atoms with Gasteiger partial charge in [-0.15, -0.1) is 58.0 Å². The van der Waals surface area contributed by atoms with E-state index < -0.39 is 23.8 Å². The van der Waals surface area contributed by atoms with Gasteiger partial charge in [0.1, 0.15) is 9.75 Å². The van der Waals surface area contributed by atoms with E-state index in [1.165, 1.54) is 0 Å². The SMILES string of the molecule is Cl[C@H]1[C@H]2[C@H]3[C@H]4[C@@H]1[C@]1(Cl)C(Cl)(Cl)[C@@]4(Cl)[C@@]3(Cl)[C@]21Cl. The molecule has 0 unspecified atom stereocenters. The van der Waals surface area contributed by atoms with Crippen LogP contribution in [0, 0.1) is 23.7 Å². The first-order chi connectivity index (χ1) is 7.65. The van der Waals surface area contributed by atoms with Crippen LogP contribution in [0.25, 0.3) is 0 Å². The average Bonchev–Trinajstić information content (AvgIpc) is 2.64. The Bertz CT molecular complexity index is 500. The van der Waals surface area contributed by atoms with Crippen LogP contribution in [0.15, 0.2) is 0 Å². The van der Waals surface area contributed by atoms with Crippen molar-refractivity contribution in [1.82, 2.24) is 0 Å². The summed E-state index contributed by atoms with van der Waals surface area (Å²) in [5.41, 5.74) is 0. The molecule has 6 aliphatic carbocycles. The van der Waals surface area contributed by atoms with Gasteiger partial charge in [-0.1, -0.05) is 23.2 Å². The molecule has 7 heteroatoms. The van der Waals surface area contributed by atoms with Gasteiger partial charge in [0.05, 0.1) is 9.75 Å². The Labute approximate surface area is 133 Å². The van der Waals surface area contributed by atoms with Crippen LogP contribution in [-0.2, 0) is 0 Å². The van der Waals surface area contributed by atoms with Crippen LogP contribution in [0.4, 0.5) is 0 Å². The molecule has 4 bridgehead atoms. The van der Waals surface area contributed by atoms with Crippen molar-refractivity contribution in [3.63, 3.8) is 0 Å². The van der Waals surface area contributed by atoms with Gasteiger partial charge < -0.3 is 0 Å². The zero-order valence-corrected chi connectivity index (χ0v) is 13.3. The molecule has 6 fully saturated rings. The van der Waals surface area contributed by atoms with Crippen molar-refractivity contribution in [3.8, 4) is 0 Å². The molecule has 0 saturated heterocycles. The average molecular weight is 373 g/mol. The lowest BCUT2D eigenvalue weighted by Gasteiger charge is -2.76. The highest BCUT2D eigenvalue weighted by molar-refractivity contribution is 6.66. The smallest absolute Gasteiger partial charge is 0.122 e. The first-order valence-electron chi connectivity index (χ1n) is 5.42. The Morgan fingerprint density at radius 1 is 0.529 bits per heavy atom. The van der Waals surface area contributed by atoms with E-state index in [1.54, 1.807) is 0 Å². The van der Waals surface area contributed by atoms with Crippen LogP contribution in [0.2, 0.25) is 0 Å². The van der Waals surface area contributed by atoms with Crippen LogP contribution in [0.5, 0.6) is 0 Å². The number of alkyl halides is 7. The highest BCUT2D eigenvalue weighted by Gasteiger charge is 3.14. The standard InChI is InChI=1S/C10H5Cl7/c11-5-3-1-2-4(5)9(15)7(3,13)6(1,12)8(2,14)10(9,16)17/h1-5H/t1-,2+,3-,4+,5+,6+,7-,8+,9-/m1/s1. The third-order valence-corrected chi connectivity index (χ3v) is 12.0. The molecule has 0 N–H and O–H groups in total. The summed E-state index contributed by atoms with van der Waals surface area (Å²) in [7, 11) is 0. The molecule has 6 saturated carbocycles. The van der Waals surface area contributed by atoms with Gasteiger partial charge >= 0.3 is 0 Å². The second-order valence-corrected chi connectivity index (χ2v) is 10.2. The lowest BCUT2D eigenvalue weighted by molar-refractivity contribution is -0.106. The van der Waals surface area contributed by atoms with E-state index in [1.807, 2.05) is 0 Å². The zero-order chi connectivity index (χ0) is 12.4. The van der Waals surface area contributed by atoms with Crippen LogP contribution >= 0.6 is 81.2 Å². The van der Waals surface area contributed by atoms with Crippen molar-refractivity contribution in [2.45, 2.75) is 29.2 Å². The quantitative estimate of drug-likeness (QED) is 0.558. The molecule has 0 aromatic heterocycles. The Morgan fingerprint density at radius 3 is 1.41 bits per heavy atom. The van der Waals surface area contributed by atoms with Gasteiger partial charge in [0, 0.05) is 17.2 Å². The molecule has 0 aromatic rings. The molecule has 0 aromatic carbocycles. The summed E-state index contributed by atoms with van der Waals surface area (Å²) in [5.74, 6) is 0.369. The predicted octanol–water partition coefficient (Wildman–Crippen LogP) is 4.21. The minimum atomic E-state index is -1.32. The fourth-order valence-corrected chi connectivity index (χ4v) is 11.2. The summed E-state index contributed by atoms with van der Waals surface area (Å²) < 4.78 is -1.32. The van der Waals surface area contributed by atoms with E-state index in [-0.39, 0.29) is 29.0 Å². The fourth-order valence-electron chi connectivity index (χ4n) is 5.92. The lowest BCUT2D eigenvalue weighted by atomic mass is 9.39. The summed E-state index contributed by atoms with van der Waals surface area (Å²) in [4.78, 5) is -3.62. The monoisotopic (exact) mass is 370 g/mol. The number of hydrogen-bond donors (Lipinski definition) is 0. The van der Waals surface area contributed by atoms with Gasteiger partial charge in [0.15, 0.2) is 4.33 Å². The summed E-state index contributed by atoms with van der Waals surface area (Å²) in [6.45, 7) is 0. The lowest BCUT2D eigenvalue weighted by Crippen LogP contribution is -2.88. The number of hydrogen-bond acceptors (Lipinski definition) is 0.